The molecule has 0 aliphatic rings. The number of pyridine rings is 1. The zero-order chi connectivity index (χ0) is 25.8. The van der Waals surface area contributed by atoms with Gasteiger partial charge in [-0.3, -0.25) is 9.59 Å². The fourth-order valence-electron chi connectivity index (χ4n) is 3.71. The minimum absolute atomic E-state index is 0.301. The van der Waals surface area contributed by atoms with Gasteiger partial charge in [0.2, 0.25) is 0 Å². The van der Waals surface area contributed by atoms with Crippen LogP contribution in [0.5, 0.6) is 0 Å². The Morgan fingerprint density at radius 3 is 2.19 bits per heavy atom. The Hall–Kier alpha value is -5.18. The number of H-pyrrole nitrogens is 1. The summed E-state index contributed by atoms with van der Waals surface area (Å²) >= 11 is 0. The Labute approximate surface area is 210 Å². The number of hydrogen-bond acceptors (Lipinski definition) is 5. The van der Waals surface area contributed by atoms with Gasteiger partial charge in [-0.1, -0.05) is 12.1 Å². The number of aromatic amines is 1. The number of rotatable bonds is 7. The topological polar surface area (TPSA) is 117 Å². The number of carbonyl (C=O) groups excluding carboxylic acids is 3. The van der Waals surface area contributed by atoms with Gasteiger partial charge >= 0.3 is 0 Å². The van der Waals surface area contributed by atoms with Gasteiger partial charge in [0, 0.05) is 34.9 Å². The lowest BCUT2D eigenvalue weighted by Crippen LogP contribution is -2.12. The first-order valence-electron chi connectivity index (χ1n) is 11.4. The number of nitrogens with one attached hydrogen (secondary N) is 3. The van der Waals surface area contributed by atoms with Crippen LogP contribution in [0.15, 0.2) is 85.1 Å². The molecule has 0 aliphatic carbocycles. The lowest BCUT2D eigenvalue weighted by atomic mass is 10.1. The number of halogens is 1. The van der Waals surface area contributed by atoms with Crippen LogP contribution in [-0.2, 0) is 11.2 Å². The van der Waals surface area contributed by atoms with Gasteiger partial charge in [-0.05, 0) is 66.2 Å². The summed E-state index contributed by atoms with van der Waals surface area (Å²) in [5.74, 6) is -0.112. The van der Waals surface area contributed by atoms with Crippen molar-refractivity contribution in [2.75, 3.05) is 10.6 Å². The fourth-order valence-corrected chi connectivity index (χ4v) is 3.71. The first kappa shape index (κ1) is 23.6. The van der Waals surface area contributed by atoms with Crippen molar-refractivity contribution in [3.05, 3.63) is 108 Å². The van der Waals surface area contributed by atoms with Crippen molar-refractivity contribution in [3.63, 3.8) is 0 Å². The maximum atomic E-state index is 13.1. The van der Waals surface area contributed by atoms with Crippen LogP contribution in [0.2, 0.25) is 0 Å². The lowest BCUT2D eigenvalue weighted by Gasteiger charge is -2.06. The molecule has 5 aromatic rings. The van der Waals surface area contributed by atoms with Crippen molar-refractivity contribution in [2.24, 2.45) is 0 Å². The van der Waals surface area contributed by atoms with Gasteiger partial charge < -0.3 is 20.4 Å². The molecule has 8 nitrogen and oxygen atoms in total. The third-order valence-electron chi connectivity index (χ3n) is 5.67. The molecule has 0 saturated heterocycles. The molecule has 5 rings (SSSR count). The molecule has 3 aromatic carbocycles. The summed E-state index contributed by atoms with van der Waals surface area (Å²) in [7, 11) is 0. The van der Waals surface area contributed by atoms with Crippen LogP contribution < -0.4 is 10.6 Å². The first-order chi connectivity index (χ1) is 18.0. The molecule has 2 amide bonds. The minimum atomic E-state index is -0.404. The van der Waals surface area contributed by atoms with Crippen molar-refractivity contribution in [1.82, 2.24) is 15.0 Å². The summed E-state index contributed by atoms with van der Waals surface area (Å²) in [6, 6.07) is 20.9. The van der Waals surface area contributed by atoms with Crippen LogP contribution in [-0.4, -0.2) is 33.1 Å². The number of fused-ring (bicyclic) bond motifs is 1. The molecule has 0 atom stereocenters. The highest BCUT2D eigenvalue weighted by molar-refractivity contribution is 6.05. The summed E-state index contributed by atoms with van der Waals surface area (Å²) in [5, 5.41) is 5.53. The molecular weight excluding hydrogens is 473 g/mol. The number of nitrogens with zero attached hydrogens (tertiary/aromatic N) is 2. The average Bonchev–Trinajstić information content (AvgIpc) is 3.33. The molecule has 182 valence electrons. The van der Waals surface area contributed by atoms with E-state index >= 15 is 0 Å². The molecular formula is C28H20FN5O3. The van der Waals surface area contributed by atoms with Crippen molar-refractivity contribution < 1.29 is 18.8 Å². The Morgan fingerprint density at radius 1 is 0.865 bits per heavy atom. The van der Waals surface area contributed by atoms with E-state index in [4.69, 9.17) is 0 Å². The van der Waals surface area contributed by atoms with Gasteiger partial charge in [0.1, 0.15) is 23.7 Å². The molecule has 2 aromatic heterocycles. The zero-order valence-electron chi connectivity index (χ0n) is 19.4. The molecule has 0 radical (unpaired) electrons. The second-order valence-corrected chi connectivity index (χ2v) is 8.23. The van der Waals surface area contributed by atoms with Gasteiger partial charge in [0.05, 0.1) is 17.2 Å². The number of anilines is 2. The van der Waals surface area contributed by atoms with Crippen LogP contribution in [0.3, 0.4) is 0 Å². The maximum Gasteiger partial charge on any atom is 0.256 e. The largest absolute Gasteiger partial charge is 0.337 e. The summed E-state index contributed by atoms with van der Waals surface area (Å²) in [5.41, 5.74) is 4.32. The standard InChI is InChI=1S/C28H20FN5O3/c29-21-9-5-20(6-10-21)27(36)31-22-11-7-18(8-12-22)26-32-23-15-25(30-16-24(23)33-26)34-28(37)19-3-1-17(2-4-19)13-14-35/h1-12,14-16H,13H2,(H,31,36)(H,32,33)(H,30,34,37). The van der Waals surface area contributed by atoms with E-state index in [9.17, 15) is 18.8 Å². The van der Waals surface area contributed by atoms with E-state index in [0.717, 1.165) is 17.4 Å². The Morgan fingerprint density at radius 2 is 1.51 bits per heavy atom. The normalized spacial score (nSPS) is 10.7. The molecule has 0 fully saturated rings. The number of amides is 2. The molecule has 0 aliphatic heterocycles. The highest BCUT2D eigenvalue weighted by Gasteiger charge is 2.11. The summed E-state index contributed by atoms with van der Waals surface area (Å²) in [6.07, 6.45) is 2.70. The summed E-state index contributed by atoms with van der Waals surface area (Å²) in [4.78, 5) is 47.6. The lowest BCUT2D eigenvalue weighted by molar-refractivity contribution is -0.107. The van der Waals surface area contributed by atoms with Crippen LogP contribution in [0.1, 0.15) is 26.3 Å². The third-order valence-corrected chi connectivity index (χ3v) is 5.67. The number of imidazole rings is 1. The number of benzene rings is 3. The number of carbonyl (C=O) groups is 3. The Kier molecular flexibility index (Phi) is 6.50. The van der Waals surface area contributed by atoms with E-state index < -0.39 is 5.82 Å². The molecule has 0 spiro atoms. The number of aromatic nitrogens is 3. The van der Waals surface area contributed by atoms with Crippen LogP contribution in [0.4, 0.5) is 15.9 Å². The van der Waals surface area contributed by atoms with Crippen molar-refractivity contribution >= 4 is 40.6 Å². The molecule has 0 bridgehead atoms. The van der Waals surface area contributed by atoms with Gasteiger partial charge in [-0.25, -0.2) is 14.4 Å². The number of aldehydes is 1. The second-order valence-electron chi connectivity index (χ2n) is 8.23. The molecule has 2 heterocycles. The molecule has 37 heavy (non-hydrogen) atoms. The predicted octanol–water partition coefficient (Wildman–Crippen LogP) is 5.01. The van der Waals surface area contributed by atoms with E-state index in [1.807, 2.05) is 12.1 Å². The average molecular weight is 493 g/mol. The molecule has 3 N–H and O–H groups in total. The maximum absolute atomic E-state index is 13.1. The van der Waals surface area contributed by atoms with Crippen LogP contribution >= 0.6 is 0 Å². The molecule has 0 saturated carbocycles. The van der Waals surface area contributed by atoms with Gasteiger partial charge in [-0.2, -0.15) is 0 Å². The van der Waals surface area contributed by atoms with Gasteiger partial charge in [-0.15, -0.1) is 0 Å². The first-order valence-corrected chi connectivity index (χ1v) is 11.4. The quantitative estimate of drug-likeness (QED) is 0.276. The van der Waals surface area contributed by atoms with Crippen molar-refractivity contribution in [1.29, 1.82) is 0 Å². The molecule has 9 heteroatoms. The Bertz CT molecular complexity index is 1590. The SMILES string of the molecule is O=CCc1ccc(C(=O)Nc2cc3nc(-c4ccc(NC(=O)c5ccc(F)cc5)cc4)[nH]c3cn2)cc1. The summed E-state index contributed by atoms with van der Waals surface area (Å²) in [6.45, 7) is 0. The van der Waals surface area contributed by atoms with E-state index in [2.05, 4.69) is 25.6 Å². The third kappa shape index (κ3) is 5.40. The van der Waals surface area contributed by atoms with Crippen molar-refractivity contribution in [2.45, 2.75) is 6.42 Å². The van der Waals surface area contributed by atoms with Gasteiger partial charge in [0.25, 0.3) is 11.8 Å². The van der Waals surface area contributed by atoms with Crippen LogP contribution in [0, 0.1) is 5.82 Å². The van der Waals surface area contributed by atoms with Gasteiger partial charge in [0.15, 0.2) is 0 Å². The highest BCUT2D eigenvalue weighted by atomic mass is 19.1. The highest BCUT2D eigenvalue weighted by Crippen LogP contribution is 2.23. The smallest absolute Gasteiger partial charge is 0.256 e. The predicted molar refractivity (Wildman–Crippen MR) is 138 cm³/mol. The zero-order valence-corrected chi connectivity index (χ0v) is 19.4. The number of hydrogen-bond donors (Lipinski definition) is 3. The Balaban J connectivity index is 1.27. The fraction of sp³-hybridized carbons (Fsp3) is 0.0357. The van der Waals surface area contributed by atoms with Crippen molar-refractivity contribution in [3.8, 4) is 11.4 Å². The monoisotopic (exact) mass is 493 g/mol. The van der Waals surface area contributed by atoms with E-state index in [1.54, 1.807) is 48.7 Å². The minimum Gasteiger partial charge on any atom is -0.337 e. The summed E-state index contributed by atoms with van der Waals surface area (Å²) < 4.78 is 13.1. The van der Waals surface area contributed by atoms with E-state index in [0.29, 0.717) is 45.9 Å². The van der Waals surface area contributed by atoms with E-state index in [1.165, 1.54) is 24.3 Å². The molecule has 0 unspecified atom stereocenters. The van der Waals surface area contributed by atoms with Crippen LogP contribution in [0.25, 0.3) is 22.4 Å². The second kappa shape index (κ2) is 10.2. The van der Waals surface area contributed by atoms with E-state index in [-0.39, 0.29) is 11.8 Å².